The Bertz CT molecular complexity index is 361. The van der Waals surface area contributed by atoms with Gasteiger partial charge in [0.2, 0.25) is 0 Å². The second-order valence-corrected chi connectivity index (χ2v) is 3.98. The molecular weight excluding hydrogens is 222 g/mol. The van der Waals surface area contributed by atoms with E-state index in [4.69, 9.17) is 11.0 Å². The van der Waals surface area contributed by atoms with Crippen LogP contribution in [0, 0.1) is 11.3 Å². The van der Waals surface area contributed by atoms with Gasteiger partial charge in [-0.3, -0.25) is 0 Å². The minimum Gasteiger partial charge on any atom is -0.371 e. The molecule has 0 aromatic heterocycles. The van der Waals surface area contributed by atoms with E-state index in [0.29, 0.717) is 11.6 Å². The number of anilines is 1. The van der Waals surface area contributed by atoms with Gasteiger partial charge in [-0.2, -0.15) is 5.26 Å². The Morgan fingerprint density at radius 1 is 1.19 bits per heavy atom. The molecule has 1 aromatic rings. The summed E-state index contributed by atoms with van der Waals surface area (Å²) < 4.78 is 0. The van der Waals surface area contributed by atoms with Gasteiger partial charge in [-0.1, -0.05) is 0 Å². The molecule has 0 spiro atoms. The van der Waals surface area contributed by atoms with E-state index in [1.807, 2.05) is 24.3 Å². The summed E-state index contributed by atoms with van der Waals surface area (Å²) in [6.07, 6.45) is 2.11. The van der Waals surface area contributed by atoms with Gasteiger partial charge in [-0.05, 0) is 37.1 Å². The van der Waals surface area contributed by atoms with Crippen molar-refractivity contribution in [3.8, 4) is 6.07 Å². The molecule has 0 unspecified atom stereocenters. The maximum atomic E-state index is 8.69. The van der Waals surface area contributed by atoms with Crippen molar-refractivity contribution < 1.29 is 0 Å². The number of piperidine rings is 1. The topological polar surface area (TPSA) is 53.0 Å². The SMILES string of the molecule is Cl.N#Cc1ccc(N2CCC(N)CC2)cc1. The van der Waals surface area contributed by atoms with Crippen molar-refractivity contribution in [1.29, 1.82) is 5.26 Å². The molecule has 0 radical (unpaired) electrons. The van der Waals surface area contributed by atoms with Crippen LogP contribution in [0.4, 0.5) is 5.69 Å². The lowest BCUT2D eigenvalue weighted by Gasteiger charge is -2.31. The van der Waals surface area contributed by atoms with E-state index in [9.17, 15) is 0 Å². The average molecular weight is 238 g/mol. The first-order valence-corrected chi connectivity index (χ1v) is 5.30. The fraction of sp³-hybridized carbons (Fsp3) is 0.417. The van der Waals surface area contributed by atoms with Gasteiger partial charge in [0.25, 0.3) is 0 Å². The molecule has 2 rings (SSSR count). The monoisotopic (exact) mass is 237 g/mol. The predicted molar refractivity (Wildman–Crippen MR) is 67.8 cm³/mol. The summed E-state index contributed by atoms with van der Waals surface area (Å²) >= 11 is 0. The first-order valence-electron chi connectivity index (χ1n) is 5.30. The standard InChI is InChI=1S/C12H15N3.ClH/c13-9-10-1-3-12(4-2-10)15-7-5-11(14)6-8-15;/h1-4,11H,5-8,14H2;1H. The molecule has 1 aromatic carbocycles. The fourth-order valence-electron chi connectivity index (χ4n) is 1.90. The molecule has 4 heteroatoms. The molecule has 2 N–H and O–H groups in total. The first-order chi connectivity index (χ1) is 7.29. The molecule has 1 fully saturated rings. The minimum atomic E-state index is 0. The van der Waals surface area contributed by atoms with E-state index in [1.54, 1.807) is 0 Å². The van der Waals surface area contributed by atoms with Crippen molar-refractivity contribution in [2.45, 2.75) is 18.9 Å². The van der Waals surface area contributed by atoms with Crippen LogP contribution in [-0.4, -0.2) is 19.1 Å². The smallest absolute Gasteiger partial charge is 0.0991 e. The van der Waals surface area contributed by atoms with Crippen LogP contribution < -0.4 is 10.6 Å². The quantitative estimate of drug-likeness (QED) is 0.812. The van der Waals surface area contributed by atoms with Gasteiger partial charge in [-0.25, -0.2) is 0 Å². The number of benzene rings is 1. The fourth-order valence-corrected chi connectivity index (χ4v) is 1.90. The number of hydrogen-bond donors (Lipinski definition) is 1. The van der Waals surface area contributed by atoms with E-state index in [1.165, 1.54) is 5.69 Å². The zero-order chi connectivity index (χ0) is 10.7. The van der Waals surface area contributed by atoms with Crippen molar-refractivity contribution in [3.05, 3.63) is 29.8 Å². The molecular formula is C12H16ClN3. The molecule has 86 valence electrons. The number of hydrogen-bond acceptors (Lipinski definition) is 3. The second-order valence-electron chi connectivity index (χ2n) is 3.98. The zero-order valence-electron chi connectivity index (χ0n) is 9.10. The molecule has 0 atom stereocenters. The number of rotatable bonds is 1. The lowest BCUT2D eigenvalue weighted by Crippen LogP contribution is -2.39. The Labute approximate surface area is 102 Å². The normalized spacial score (nSPS) is 16.4. The molecule has 0 saturated carbocycles. The summed E-state index contributed by atoms with van der Waals surface area (Å²) in [5.74, 6) is 0. The Balaban J connectivity index is 0.00000128. The summed E-state index contributed by atoms with van der Waals surface area (Å²) in [6, 6.07) is 10.2. The maximum Gasteiger partial charge on any atom is 0.0991 e. The predicted octanol–water partition coefficient (Wildman–Crippen LogP) is 1.91. The van der Waals surface area contributed by atoms with Gasteiger partial charge < -0.3 is 10.6 Å². The summed E-state index contributed by atoms with van der Waals surface area (Å²) in [5, 5.41) is 8.69. The molecule has 1 aliphatic rings. The largest absolute Gasteiger partial charge is 0.371 e. The highest BCUT2D eigenvalue weighted by molar-refractivity contribution is 5.85. The Kier molecular flexibility index (Phi) is 4.60. The number of nitrogens with two attached hydrogens (primary N) is 1. The van der Waals surface area contributed by atoms with Gasteiger partial charge in [0, 0.05) is 24.8 Å². The van der Waals surface area contributed by atoms with Gasteiger partial charge in [0.05, 0.1) is 11.6 Å². The van der Waals surface area contributed by atoms with Crippen LogP contribution >= 0.6 is 12.4 Å². The lowest BCUT2D eigenvalue weighted by atomic mass is 10.1. The van der Waals surface area contributed by atoms with Crippen molar-refractivity contribution in [2.75, 3.05) is 18.0 Å². The van der Waals surface area contributed by atoms with Crippen LogP contribution in [0.1, 0.15) is 18.4 Å². The molecule has 1 aliphatic heterocycles. The molecule has 1 saturated heterocycles. The Hall–Kier alpha value is -1.24. The summed E-state index contributed by atoms with van der Waals surface area (Å²) in [4.78, 5) is 2.32. The molecule has 3 nitrogen and oxygen atoms in total. The summed E-state index contributed by atoms with van der Waals surface area (Å²) in [6.45, 7) is 2.04. The minimum absolute atomic E-state index is 0. The molecule has 0 bridgehead atoms. The Morgan fingerprint density at radius 2 is 1.75 bits per heavy atom. The van der Waals surface area contributed by atoms with Gasteiger partial charge in [0.15, 0.2) is 0 Å². The van der Waals surface area contributed by atoms with Crippen LogP contribution in [0.5, 0.6) is 0 Å². The third kappa shape index (κ3) is 2.88. The van der Waals surface area contributed by atoms with E-state index in [2.05, 4.69) is 11.0 Å². The molecule has 0 aliphatic carbocycles. The first kappa shape index (κ1) is 12.8. The average Bonchev–Trinajstić information content (AvgIpc) is 2.30. The van der Waals surface area contributed by atoms with Crippen LogP contribution in [0.15, 0.2) is 24.3 Å². The third-order valence-corrected chi connectivity index (χ3v) is 2.90. The lowest BCUT2D eigenvalue weighted by molar-refractivity contribution is 0.501. The van der Waals surface area contributed by atoms with Gasteiger partial charge >= 0.3 is 0 Å². The summed E-state index contributed by atoms with van der Waals surface area (Å²) in [5.41, 5.74) is 7.76. The van der Waals surface area contributed by atoms with E-state index >= 15 is 0 Å². The van der Waals surface area contributed by atoms with E-state index in [-0.39, 0.29) is 12.4 Å². The number of nitrogens with zero attached hydrogens (tertiary/aromatic N) is 2. The van der Waals surface area contributed by atoms with Crippen molar-refractivity contribution >= 4 is 18.1 Å². The highest BCUT2D eigenvalue weighted by Crippen LogP contribution is 2.19. The summed E-state index contributed by atoms with van der Waals surface area (Å²) in [7, 11) is 0. The highest BCUT2D eigenvalue weighted by atomic mass is 35.5. The van der Waals surface area contributed by atoms with Crippen LogP contribution in [-0.2, 0) is 0 Å². The van der Waals surface area contributed by atoms with E-state index < -0.39 is 0 Å². The van der Waals surface area contributed by atoms with Gasteiger partial charge in [0.1, 0.15) is 0 Å². The highest BCUT2D eigenvalue weighted by Gasteiger charge is 2.15. The second kappa shape index (κ2) is 5.74. The molecule has 0 amide bonds. The van der Waals surface area contributed by atoms with Crippen molar-refractivity contribution in [1.82, 2.24) is 0 Å². The maximum absolute atomic E-state index is 8.69. The number of halogens is 1. The van der Waals surface area contributed by atoms with Crippen molar-refractivity contribution in [3.63, 3.8) is 0 Å². The number of nitriles is 1. The zero-order valence-corrected chi connectivity index (χ0v) is 9.91. The Morgan fingerprint density at radius 3 is 2.25 bits per heavy atom. The van der Waals surface area contributed by atoms with Crippen molar-refractivity contribution in [2.24, 2.45) is 5.73 Å². The van der Waals surface area contributed by atoms with Crippen LogP contribution in [0.2, 0.25) is 0 Å². The van der Waals surface area contributed by atoms with E-state index in [0.717, 1.165) is 25.9 Å². The third-order valence-electron chi connectivity index (χ3n) is 2.90. The van der Waals surface area contributed by atoms with Crippen LogP contribution in [0.3, 0.4) is 0 Å². The molecule has 16 heavy (non-hydrogen) atoms. The van der Waals surface area contributed by atoms with Crippen LogP contribution in [0.25, 0.3) is 0 Å². The van der Waals surface area contributed by atoms with Gasteiger partial charge in [-0.15, -0.1) is 12.4 Å². The molecule has 1 heterocycles.